The summed E-state index contributed by atoms with van der Waals surface area (Å²) in [5.74, 6) is -5.35. The summed E-state index contributed by atoms with van der Waals surface area (Å²) in [4.78, 5) is 78.2. The van der Waals surface area contributed by atoms with Crippen LogP contribution >= 0.6 is 0 Å². The van der Waals surface area contributed by atoms with Crippen LogP contribution in [0.4, 0.5) is 24.8 Å². The number of aromatic hydroxyl groups is 2. The third-order valence-electron chi connectivity index (χ3n) is 15.0. The molecule has 5 bridgehead atoms. The summed E-state index contributed by atoms with van der Waals surface area (Å²) < 4.78 is 58.2. The van der Waals surface area contributed by atoms with Gasteiger partial charge in [0.2, 0.25) is 17.6 Å². The van der Waals surface area contributed by atoms with Gasteiger partial charge < -0.3 is 54.7 Å². The number of nitrogens with zero attached hydrogens (tertiary/aromatic N) is 7. The molecule has 3 aromatic rings. The van der Waals surface area contributed by atoms with Crippen molar-refractivity contribution in [2.24, 2.45) is 33.7 Å². The Hall–Kier alpha value is -6.65. The van der Waals surface area contributed by atoms with Crippen LogP contribution in [-0.4, -0.2) is 140 Å². The maximum absolute atomic E-state index is 14.5. The van der Waals surface area contributed by atoms with Crippen molar-refractivity contribution in [1.82, 2.24) is 19.8 Å². The number of likely N-dealkylation sites (tertiary alicyclic amines) is 1. The molecule has 410 valence electrons. The highest BCUT2D eigenvalue weighted by Gasteiger charge is 2.45. The predicted molar refractivity (Wildman–Crippen MR) is 272 cm³/mol. The molecule has 1 spiro atoms. The second-order valence-corrected chi connectivity index (χ2v) is 21.2. The molecule has 6 aliphatic heterocycles. The number of rotatable bonds is 6. The summed E-state index contributed by atoms with van der Waals surface area (Å²) in [6.45, 7) is 15.4. The molecule has 19 nitrogen and oxygen atoms in total. The molecule has 22 heteroatoms. The molecule has 0 aliphatic carbocycles. The lowest BCUT2D eigenvalue weighted by Gasteiger charge is -2.38. The van der Waals surface area contributed by atoms with Crippen LogP contribution < -0.4 is 25.7 Å². The molecule has 2 aromatic carbocycles. The number of piperidine rings is 1. The number of carbonyl (C=O) groups excluding carboxylic acids is 4. The number of halogens is 3. The minimum atomic E-state index is -4.67. The number of benzene rings is 2. The van der Waals surface area contributed by atoms with E-state index in [4.69, 9.17) is 19.2 Å². The molecule has 2 fully saturated rings. The molecule has 9 rings (SSSR count). The summed E-state index contributed by atoms with van der Waals surface area (Å²) in [7, 11) is 0. The SMILES string of the molecule is C/C1=C/C=C/C(C)[C@H](O)CC(O)[C@@H](C)[C@H](OC(=O)CC(=O)N2CCCN(c3nccc(C(F)(F)F)n3)CC2)[C@H](C)C/C=C/O[C@H]2Oc3c(C)c(O)c4c(O)c(c5c(c4c3C2=O)NC2(CCN(CC(C)C)CC2)N=5)=NC1=O. The Bertz CT molecular complexity index is 2970. The zero-order chi connectivity index (χ0) is 55.0. The Balaban J connectivity index is 1.07. The number of aliphatic hydroxyl groups excluding tert-OH is 2. The molecular formula is C54H67F3N8O11. The van der Waals surface area contributed by atoms with Crippen LogP contribution in [0.15, 0.2) is 58.4 Å². The van der Waals surface area contributed by atoms with E-state index in [1.54, 1.807) is 43.9 Å². The molecule has 6 aliphatic rings. The van der Waals surface area contributed by atoms with Crippen LogP contribution in [0.5, 0.6) is 17.2 Å². The van der Waals surface area contributed by atoms with Crippen molar-refractivity contribution in [3.05, 3.63) is 75.9 Å². The van der Waals surface area contributed by atoms with Crippen molar-refractivity contribution in [2.45, 2.75) is 123 Å². The Kier molecular flexibility index (Phi) is 16.5. The quantitative estimate of drug-likeness (QED) is 0.118. The van der Waals surface area contributed by atoms with Crippen molar-refractivity contribution in [1.29, 1.82) is 0 Å². The third-order valence-corrected chi connectivity index (χ3v) is 15.0. The number of carbonyl (C=O) groups is 4. The Morgan fingerprint density at radius 3 is 2.42 bits per heavy atom. The number of phenols is 2. The van der Waals surface area contributed by atoms with Crippen LogP contribution in [0.25, 0.3) is 10.8 Å². The Morgan fingerprint density at radius 2 is 1.71 bits per heavy atom. The smallest absolute Gasteiger partial charge is 0.433 e. The molecule has 7 atom stereocenters. The van der Waals surface area contributed by atoms with Gasteiger partial charge in [-0.25, -0.2) is 15.0 Å². The normalized spacial score (nSPS) is 27.2. The number of esters is 1. The fourth-order valence-corrected chi connectivity index (χ4v) is 10.6. The molecule has 7 heterocycles. The Labute approximate surface area is 437 Å². The first-order valence-corrected chi connectivity index (χ1v) is 25.9. The van der Waals surface area contributed by atoms with Crippen LogP contribution in [-0.2, 0) is 30.0 Å². The third kappa shape index (κ3) is 11.7. The molecule has 0 radical (unpaired) electrons. The second kappa shape index (κ2) is 22.5. The van der Waals surface area contributed by atoms with Gasteiger partial charge in [-0.15, -0.1) is 0 Å². The first-order chi connectivity index (χ1) is 36.0. The number of phenolic OH excluding ortho intramolecular Hbond substituents is 2. The molecule has 1 aromatic heterocycles. The molecule has 2 unspecified atom stereocenters. The van der Waals surface area contributed by atoms with Crippen LogP contribution in [0.1, 0.15) is 102 Å². The van der Waals surface area contributed by atoms with Crippen LogP contribution in [0.2, 0.25) is 0 Å². The highest BCUT2D eigenvalue weighted by molar-refractivity contribution is 6.20. The molecule has 2 amide bonds. The number of alkyl halides is 3. The molecule has 0 saturated carbocycles. The number of anilines is 2. The van der Waals surface area contributed by atoms with Gasteiger partial charge in [-0.1, -0.05) is 52.8 Å². The van der Waals surface area contributed by atoms with Gasteiger partial charge in [0.05, 0.1) is 35.1 Å². The molecule has 5 N–H and O–H groups in total. The van der Waals surface area contributed by atoms with Crippen LogP contribution in [0, 0.1) is 30.6 Å². The van der Waals surface area contributed by atoms with E-state index in [0.717, 1.165) is 18.8 Å². The highest BCUT2D eigenvalue weighted by atomic mass is 19.4. The van der Waals surface area contributed by atoms with E-state index in [-0.39, 0.29) is 88.9 Å². The summed E-state index contributed by atoms with van der Waals surface area (Å²) in [6, 6.07) is 0.777. The van der Waals surface area contributed by atoms with Crippen molar-refractivity contribution < 1.29 is 67.0 Å². The van der Waals surface area contributed by atoms with Crippen molar-refractivity contribution >= 4 is 46.0 Å². The highest BCUT2D eigenvalue weighted by Crippen LogP contribution is 2.49. The van der Waals surface area contributed by atoms with E-state index in [2.05, 4.69) is 39.0 Å². The monoisotopic (exact) mass is 1060 g/mol. The number of ketones is 1. The first-order valence-electron chi connectivity index (χ1n) is 25.9. The van der Waals surface area contributed by atoms with E-state index in [1.165, 1.54) is 31.1 Å². The lowest BCUT2D eigenvalue weighted by atomic mass is 9.84. The number of allylic oxidation sites excluding steroid dienone is 3. The zero-order valence-corrected chi connectivity index (χ0v) is 43.8. The van der Waals surface area contributed by atoms with Crippen molar-refractivity contribution in [3.63, 3.8) is 0 Å². The van der Waals surface area contributed by atoms with Gasteiger partial charge in [-0.05, 0) is 50.7 Å². The molecular weight excluding hydrogens is 994 g/mol. The Morgan fingerprint density at radius 1 is 0.974 bits per heavy atom. The minimum Gasteiger partial charge on any atom is -0.507 e. The average molecular weight is 1060 g/mol. The minimum absolute atomic E-state index is 0.0250. The largest absolute Gasteiger partial charge is 0.507 e. The fraction of sp³-hybridized carbons (Fsp3) is 0.556. The zero-order valence-electron chi connectivity index (χ0n) is 43.8. The topological polar surface area (TPSA) is 249 Å². The van der Waals surface area contributed by atoms with E-state index in [0.29, 0.717) is 44.0 Å². The van der Waals surface area contributed by atoms with Crippen LogP contribution in [0.3, 0.4) is 0 Å². The first kappa shape index (κ1) is 55.6. The van der Waals surface area contributed by atoms with Gasteiger partial charge in [0, 0.05) is 99.6 Å². The van der Waals surface area contributed by atoms with E-state index in [1.807, 2.05) is 0 Å². The summed E-state index contributed by atoms with van der Waals surface area (Å²) in [6.07, 6.45) is -0.219. The number of Topliss-reactive ketones (excluding diaryl/α,β-unsaturated/α-hetero) is 1. The number of amides is 2. The summed E-state index contributed by atoms with van der Waals surface area (Å²) in [5, 5.41) is 50.4. The molecule has 76 heavy (non-hydrogen) atoms. The number of hydrogen-bond donors (Lipinski definition) is 5. The van der Waals surface area contributed by atoms with Gasteiger partial charge in [-0.3, -0.25) is 24.2 Å². The number of aromatic nitrogens is 2. The van der Waals surface area contributed by atoms with E-state index < -0.39 is 101 Å². The van der Waals surface area contributed by atoms with Gasteiger partial charge in [0.15, 0.2) is 5.75 Å². The number of ether oxygens (including phenoxy) is 3. The second-order valence-electron chi connectivity index (χ2n) is 21.2. The summed E-state index contributed by atoms with van der Waals surface area (Å²) in [5.41, 5.74) is -1.38. The van der Waals surface area contributed by atoms with Crippen molar-refractivity contribution in [3.8, 4) is 17.2 Å². The lowest BCUT2D eigenvalue weighted by molar-refractivity contribution is -0.161. The summed E-state index contributed by atoms with van der Waals surface area (Å²) >= 11 is 0. The van der Waals surface area contributed by atoms with Gasteiger partial charge in [0.1, 0.15) is 46.1 Å². The van der Waals surface area contributed by atoms with Gasteiger partial charge >= 0.3 is 18.4 Å². The maximum atomic E-state index is 14.5. The fourth-order valence-electron chi connectivity index (χ4n) is 10.6. The molecule has 2 saturated heterocycles. The van der Waals surface area contributed by atoms with E-state index in [9.17, 15) is 52.8 Å². The van der Waals surface area contributed by atoms with Gasteiger partial charge in [-0.2, -0.15) is 13.2 Å². The maximum Gasteiger partial charge on any atom is 0.433 e. The number of hydrogen-bond acceptors (Lipinski definition) is 17. The standard InChI is InChI=1S/C54H67F3N8O11/c1-28(2)27-63-20-15-53(16-21-63)61-42-39-40-45(70)33(7)49-41(39)47(72)51(76-49)74-24-9-13-30(4)48(32(6)35(67)25-34(66)29(3)11-8-12-31(5)50(73)60-44(46(40)71)43(42)62-53)75-38(69)26-37(68)64-18-10-19-65(23-22-64)52-58-17-14-36(59-52)54(55,56)57/h8-9,11-12,14,17,24,28-30,32,34-35,48,51,61,66-67,70-71H,10,13,15-16,18-23,25-27H2,1-7H3/b11-8+,24-9+,31-12-,60-44?/t29?,30-,32-,34-,35?,48-,51+/m1/s1. The predicted octanol–water partition coefficient (Wildman–Crippen LogP) is 5.41. The average Bonchev–Trinajstić information content (AvgIpc) is 3.95. The number of nitrogens with one attached hydrogen (secondary N) is 1. The van der Waals surface area contributed by atoms with E-state index >= 15 is 0 Å². The van der Waals surface area contributed by atoms with Gasteiger partial charge in [0.25, 0.3) is 5.91 Å². The van der Waals surface area contributed by atoms with Crippen molar-refractivity contribution in [2.75, 3.05) is 56.0 Å². The lowest BCUT2D eigenvalue weighted by Crippen LogP contribution is -2.47. The number of fused-ring (bicyclic) bond motifs is 13. The number of aliphatic hydroxyl groups is 2.